The smallest absolute Gasteiger partial charge is 0.269 e. The van der Waals surface area contributed by atoms with Gasteiger partial charge in [-0.05, 0) is 82.2 Å². The van der Waals surface area contributed by atoms with E-state index in [1.54, 1.807) is 12.4 Å². The first kappa shape index (κ1) is 35.3. The molecule has 10 nitrogen and oxygen atoms in total. The topological polar surface area (TPSA) is 95.8 Å². The van der Waals surface area contributed by atoms with Crippen molar-refractivity contribution in [3.05, 3.63) is 88.8 Å². The number of halogens is 1. The van der Waals surface area contributed by atoms with Crippen LogP contribution in [-0.4, -0.2) is 108 Å². The van der Waals surface area contributed by atoms with Crippen LogP contribution < -0.4 is 10.1 Å². The minimum absolute atomic E-state index is 0.209. The number of rotatable bonds is 17. The van der Waals surface area contributed by atoms with Crippen molar-refractivity contribution in [3.8, 4) is 5.75 Å². The number of benzene rings is 2. The van der Waals surface area contributed by atoms with Crippen molar-refractivity contribution in [2.24, 2.45) is 0 Å². The molecule has 256 valence electrons. The SMILES string of the molecule is CN(C)CCOc1ccccc1Cn1cnc2ccc(C(=O)NCCCCCC(=O)N3CCN(CCCc4ccc(Cl)cc4)CC3)nc21. The normalized spacial score (nSPS) is 13.7. The number of ether oxygens (including phenoxy) is 1. The lowest BCUT2D eigenvalue weighted by atomic mass is 10.1. The van der Waals surface area contributed by atoms with Gasteiger partial charge >= 0.3 is 0 Å². The number of unbranched alkanes of at least 4 members (excludes halogenated alkanes) is 2. The zero-order chi connectivity index (χ0) is 33.7. The predicted molar refractivity (Wildman–Crippen MR) is 191 cm³/mol. The summed E-state index contributed by atoms with van der Waals surface area (Å²) in [7, 11) is 4.04. The highest BCUT2D eigenvalue weighted by Gasteiger charge is 2.20. The maximum Gasteiger partial charge on any atom is 0.269 e. The second-order valence-corrected chi connectivity index (χ2v) is 13.1. The Balaban J connectivity index is 0.986. The number of para-hydroxylation sites is 1. The second kappa shape index (κ2) is 18.0. The highest BCUT2D eigenvalue weighted by Crippen LogP contribution is 2.21. The fraction of sp³-hybridized carbons (Fsp3) is 0.459. The number of aromatic nitrogens is 3. The molecule has 1 N–H and O–H groups in total. The molecular formula is C37H48ClN7O3. The quantitative estimate of drug-likeness (QED) is 0.155. The van der Waals surface area contributed by atoms with Crippen LogP contribution in [0.25, 0.3) is 11.2 Å². The lowest BCUT2D eigenvalue weighted by Crippen LogP contribution is -2.48. The summed E-state index contributed by atoms with van der Waals surface area (Å²) in [6.45, 7) is 6.99. The van der Waals surface area contributed by atoms with Crippen LogP contribution in [-0.2, 0) is 17.8 Å². The van der Waals surface area contributed by atoms with Gasteiger partial charge in [0.15, 0.2) is 5.65 Å². The summed E-state index contributed by atoms with van der Waals surface area (Å²) in [6.07, 6.45) is 6.96. The van der Waals surface area contributed by atoms with Crippen molar-refractivity contribution in [3.63, 3.8) is 0 Å². The molecule has 2 amide bonds. The van der Waals surface area contributed by atoms with E-state index in [9.17, 15) is 9.59 Å². The molecule has 1 aliphatic rings. The monoisotopic (exact) mass is 673 g/mol. The van der Waals surface area contributed by atoms with Crippen LogP contribution >= 0.6 is 11.6 Å². The molecular weight excluding hydrogens is 626 g/mol. The Bertz CT molecular complexity index is 1620. The van der Waals surface area contributed by atoms with Gasteiger partial charge < -0.3 is 24.4 Å². The van der Waals surface area contributed by atoms with E-state index in [1.807, 2.05) is 66.0 Å². The third-order valence-electron chi connectivity index (χ3n) is 8.74. The zero-order valence-corrected chi connectivity index (χ0v) is 29.0. The van der Waals surface area contributed by atoms with Gasteiger partial charge in [-0.3, -0.25) is 14.5 Å². The lowest BCUT2D eigenvalue weighted by molar-refractivity contribution is -0.133. The van der Waals surface area contributed by atoms with E-state index < -0.39 is 0 Å². The number of fused-ring (bicyclic) bond motifs is 1. The van der Waals surface area contributed by atoms with Gasteiger partial charge in [0.25, 0.3) is 5.91 Å². The Kier molecular flexibility index (Phi) is 13.2. The largest absolute Gasteiger partial charge is 0.492 e. The number of hydrogen-bond acceptors (Lipinski definition) is 7. The van der Waals surface area contributed by atoms with Crippen LogP contribution in [0.2, 0.25) is 5.02 Å². The lowest BCUT2D eigenvalue weighted by Gasteiger charge is -2.34. The van der Waals surface area contributed by atoms with Gasteiger partial charge in [0.05, 0.1) is 12.9 Å². The maximum atomic E-state index is 12.9. The molecule has 0 saturated carbocycles. The zero-order valence-electron chi connectivity index (χ0n) is 28.2. The van der Waals surface area contributed by atoms with E-state index in [4.69, 9.17) is 16.3 Å². The van der Waals surface area contributed by atoms with E-state index in [0.29, 0.717) is 37.5 Å². The van der Waals surface area contributed by atoms with E-state index in [2.05, 4.69) is 37.2 Å². The number of imidazole rings is 1. The molecule has 0 unspecified atom stereocenters. The number of pyridine rings is 1. The Morgan fingerprint density at radius 3 is 2.52 bits per heavy atom. The first-order valence-corrected chi connectivity index (χ1v) is 17.4. The van der Waals surface area contributed by atoms with Crippen LogP contribution in [0.5, 0.6) is 5.75 Å². The molecule has 2 aromatic heterocycles. The Labute approximate surface area is 289 Å². The van der Waals surface area contributed by atoms with Crippen LogP contribution in [0.1, 0.15) is 53.7 Å². The van der Waals surface area contributed by atoms with Gasteiger partial charge in [0.2, 0.25) is 5.91 Å². The van der Waals surface area contributed by atoms with E-state index >= 15 is 0 Å². The third kappa shape index (κ3) is 10.5. The molecule has 0 spiro atoms. The molecule has 1 aliphatic heterocycles. The maximum absolute atomic E-state index is 12.9. The Morgan fingerprint density at radius 2 is 1.73 bits per heavy atom. The van der Waals surface area contributed by atoms with Gasteiger partial charge in [0, 0.05) is 56.3 Å². The Morgan fingerprint density at radius 1 is 0.938 bits per heavy atom. The molecule has 2 aromatic carbocycles. The van der Waals surface area contributed by atoms with Gasteiger partial charge in [-0.25, -0.2) is 9.97 Å². The van der Waals surface area contributed by atoms with Gasteiger partial charge in [-0.2, -0.15) is 0 Å². The number of piperazine rings is 1. The number of carbonyl (C=O) groups excluding carboxylic acids is 2. The van der Waals surface area contributed by atoms with Crippen LogP contribution in [0.15, 0.2) is 67.0 Å². The number of nitrogens with zero attached hydrogens (tertiary/aromatic N) is 6. The number of nitrogens with one attached hydrogen (secondary N) is 1. The van der Waals surface area contributed by atoms with E-state index in [-0.39, 0.29) is 11.8 Å². The predicted octanol–water partition coefficient (Wildman–Crippen LogP) is 5.14. The molecule has 3 heterocycles. The first-order valence-electron chi connectivity index (χ1n) is 17.1. The summed E-state index contributed by atoms with van der Waals surface area (Å²) in [4.78, 5) is 41.4. The number of carbonyl (C=O) groups is 2. The number of likely N-dealkylation sites (N-methyl/N-ethyl adjacent to an activating group) is 1. The summed E-state index contributed by atoms with van der Waals surface area (Å²) in [5.41, 5.74) is 4.08. The van der Waals surface area contributed by atoms with Crippen molar-refractivity contribution < 1.29 is 14.3 Å². The van der Waals surface area contributed by atoms with Crippen molar-refractivity contribution in [1.82, 2.24) is 34.6 Å². The van der Waals surface area contributed by atoms with E-state index in [1.165, 1.54) is 5.56 Å². The van der Waals surface area contributed by atoms with E-state index in [0.717, 1.165) is 93.2 Å². The molecule has 48 heavy (non-hydrogen) atoms. The van der Waals surface area contributed by atoms with Crippen molar-refractivity contribution in [1.29, 1.82) is 0 Å². The summed E-state index contributed by atoms with van der Waals surface area (Å²) >= 11 is 5.98. The number of amides is 2. The van der Waals surface area contributed by atoms with Crippen LogP contribution in [0.4, 0.5) is 0 Å². The fourth-order valence-corrected chi connectivity index (χ4v) is 6.01. The van der Waals surface area contributed by atoms with Crippen LogP contribution in [0.3, 0.4) is 0 Å². The standard InChI is InChI=1S/C37H48ClN7O3/c1-42(2)25-26-48-34-11-6-5-10-30(34)27-45-28-40-32-17-18-33(41-36(32)45)37(47)39-19-7-3-4-12-35(46)44-23-21-43(22-24-44)20-8-9-29-13-15-31(38)16-14-29/h5-6,10-11,13-18,28H,3-4,7-9,12,19-27H2,1-2H3,(H,39,47). The molecule has 1 fully saturated rings. The van der Waals surface area contributed by atoms with Crippen LogP contribution in [0, 0.1) is 0 Å². The molecule has 0 aliphatic carbocycles. The van der Waals surface area contributed by atoms with Gasteiger partial charge in [0.1, 0.15) is 23.6 Å². The number of aryl methyl sites for hydroxylation is 1. The summed E-state index contributed by atoms with van der Waals surface area (Å²) in [5.74, 6) is 0.854. The Hall–Kier alpha value is -3.99. The third-order valence-corrected chi connectivity index (χ3v) is 8.99. The molecule has 5 rings (SSSR count). The number of hydrogen-bond donors (Lipinski definition) is 1. The second-order valence-electron chi connectivity index (χ2n) is 12.7. The summed E-state index contributed by atoms with van der Waals surface area (Å²) in [5, 5.41) is 3.76. The summed E-state index contributed by atoms with van der Waals surface area (Å²) < 4.78 is 7.98. The molecule has 0 radical (unpaired) electrons. The minimum Gasteiger partial charge on any atom is -0.492 e. The molecule has 0 bridgehead atoms. The van der Waals surface area contributed by atoms with Gasteiger partial charge in [-0.1, -0.05) is 48.4 Å². The molecule has 1 saturated heterocycles. The first-order chi connectivity index (χ1) is 23.4. The molecule has 0 atom stereocenters. The molecule has 11 heteroatoms. The average Bonchev–Trinajstić information content (AvgIpc) is 3.49. The minimum atomic E-state index is -0.209. The highest BCUT2D eigenvalue weighted by molar-refractivity contribution is 6.30. The van der Waals surface area contributed by atoms with Crippen molar-refractivity contribution in [2.45, 2.75) is 45.1 Å². The van der Waals surface area contributed by atoms with Crippen molar-refractivity contribution >= 4 is 34.6 Å². The average molecular weight is 674 g/mol. The molecule has 4 aromatic rings. The fourth-order valence-electron chi connectivity index (χ4n) is 5.89. The van der Waals surface area contributed by atoms with Gasteiger partial charge in [-0.15, -0.1) is 0 Å². The highest BCUT2D eigenvalue weighted by atomic mass is 35.5. The summed E-state index contributed by atoms with van der Waals surface area (Å²) in [6, 6.07) is 19.6. The van der Waals surface area contributed by atoms with Crippen molar-refractivity contribution in [2.75, 3.05) is 66.5 Å².